The molecule has 0 amide bonds. The van der Waals surface area contributed by atoms with E-state index in [0.717, 1.165) is 0 Å². The van der Waals surface area contributed by atoms with Gasteiger partial charge in [0.05, 0.1) is 7.11 Å². The number of esters is 1. The maximum absolute atomic E-state index is 10.8. The molecule has 0 aromatic heterocycles. The van der Waals surface area contributed by atoms with E-state index in [9.17, 15) is 4.79 Å². The van der Waals surface area contributed by atoms with Gasteiger partial charge in [-0.3, -0.25) is 0 Å². The molecule has 0 fully saturated rings. The molecule has 2 atom stereocenters. The molecule has 0 aliphatic heterocycles. The standard InChI is InChI=1S/C5H10N4O3/c1-3(10)4(5(11)12-2)7-9-8-6/h3-4,7,10H,1-2H3/t3-,4+/m1/s1. The van der Waals surface area contributed by atoms with Crippen LogP contribution >= 0.6 is 0 Å². The van der Waals surface area contributed by atoms with Crippen LogP contribution in [-0.4, -0.2) is 30.3 Å². The van der Waals surface area contributed by atoms with E-state index >= 15 is 0 Å². The van der Waals surface area contributed by atoms with Crippen LogP contribution in [0.3, 0.4) is 0 Å². The van der Waals surface area contributed by atoms with Gasteiger partial charge in [-0.05, 0) is 12.1 Å². The average Bonchev–Trinajstić information content (AvgIpc) is 2.04. The molecule has 0 radical (unpaired) electrons. The number of carbonyl (C=O) groups is 1. The van der Waals surface area contributed by atoms with E-state index in [1.807, 2.05) is 0 Å². The third-order valence-electron chi connectivity index (χ3n) is 1.18. The van der Waals surface area contributed by atoms with Crippen molar-refractivity contribution >= 4 is 5.97 Å². The van der Waals surface area contributed by atoms with E-state index < -0.39 is 18.1 Å². The molecule has 2 N–H and O–H groups in total. The Balaban J connectivity index is 4.22. The highest BCUT2D eigenvalue weighted by molar-refractivity contribution is 5.76. The molecular weight excluding hydrogens is 164 g/mol. The van der Waals surface area contributed by atoms with Crippen LogP contribution in [0.25, 0.3) is 10.4 Å². The third-order valence-corrected chi connectivity index (χ3v) is 1.18. The van der Waals surface area contributed by atoms with Gasteiger partial charge in [-0.15, -0.1) is 5.53 Å². The fraction of sp³-hybridized carbons (Fsp3) is 0.800. The molecule has 0 aromatic carbocycles. The summed E-state index contributed by atoms with van der Waals surface area (Å²) in [6.07, 6.45) is -0.983. The van der Waals surface area contributed by atoms with Crippen molar-refractivity contribution in [2.75, 3.05) is 7.11 Å². The van der Waals surface area contributed by atoms with Crippen LogP contribution < -0.4 is 5.43 Å². The van der Waals surface area contributed by atoms with E-state index in [1.54, 1.807) is 0 Å². The minimum atomic E-state index is -1.02. The Hall–Kier alpha value is -1.46. The molecule has 0 aliphatic carbocycles. The zero-order valence-corrected chi connectivity index (χ0v) is 6.76. The smallest absolute Gasteiger partial charge is 0.354 e. The van der Waals surface area contributed by atoms with Gasteiger partial charge >= 0.3 is 5.97 Å². The highest BCUT2D eigenvalue weighted by Gasteiger charge is 2.26. The summed E-state index contributed by atoms with van der Waals surface area (Å²) >= 11 is 0. The Morgan fingerprint density at radius 2 is 2.42 bits per heavy atom. The van der Waals surface area contributed by atoms with Crippen molar-refractivity contribution in [2.45, 2.75) is 19.1 Å². The van der Waals surface area contributed by atoms with Crippen LogP contribution in [0.4, 0.5) is 0 Å². The molecule has 0 heterocycles. The van der Waals surface area contributed by atoms with Crippen molar-refractivity contribution in [1.82, 2.24) is 5.43 Å². The fourth-order valence-electron chi connectivity index (χ4n) is 0.573. The molecule has 68 valence electrons. The molecule has 0 saturated heterocycles. The highest BCUT2D eigenvalue weighted by atomic mass is 16.5. The molecule has 0 aliphatic rings. The number of methoxy groups -OCH3 is 1. The lowest BCUT2D eigenvalue weighted by Gasteiger charge is -2.12. The summed E-state index contributed by atoms with van der Waals surface area (Å²) in [6.45, 7) is 1.38. The van der Waals surface area contributed by atoms with E-state index in [0.29, 0.717) is 0 Å². The predicted octanol–water partition coefficient (Wildman–Crippen LogP) is -0.276. The Morgan fingerprint density at radius 3 is 2.75 bits per heavy atom. The lowest BCUT2D eigenvalue weighted by atomic mass is 10.2. The van der Waals surface area contributed by atoms with Gasteiger partial charge in [-0.2, -0.15) is 4.91 Å². The van der Waals surface area contributed by atoms with Crippen molar-refractivity contribution in [1.29, 1.82) is 0 Å². The molecule has 0 unspecified atom stereocenters. The van der Waals surface area contributed by atoms with Crippen LogP contribution in [0.15, 0.2) is 5.22 Å². The molecule has 0 spiro atoms. The predicted molar refractivity (Wildman–Crippen MR) is 39.8 cm³/mol. The molecule has 0 bridgehead atoms. The monoisotopic (exact) mass is 174 g/mol. The molecule has 12 heavy (non-hydrogen) atoms. The molecule has 7 nitrogen and oxygen atoms in total. The van der Waals surface area contributed by atoms with E-state index in [2.05, 4.69) is 20.3 Å². The summed E-state index contributed by atoms with van der Waals surface area (Å²) in [4.78, 5) is 13.2. The van der Waals surface area contributed by atoms with Crippen LogP contribution in [0, 0.1) is 0 Å². The summed E-state index contributed by atoms with van der Waals surface area (Å²) in [7, 11) is 1.18. The van der Waals surface area contributed by atoms with Gasteiger partial charge in [0.15, 0.2) is 0 Å². The van der Waals surface area contributed by atoms with Gasteiger partial charge < -0.3 is 9.84 Å². The third kappa shape index (κ3) is 3.09. The van der Waals surface area contributed by atoms with Crippen LogP contribution in [-0.2, 0) is 9.53 Å². The number of hydrogen-bond acceptors (Lipinski definition) is 4. The first-order valence-electron chi connectivity index (χ1n) is 3.19. The number of hydrogen-bond donors (Lipinski definition) is 2. The Kier molecular flexibility index (Phi) is 4.59. The number of ether oxygens (including phenoxy) is 1. The molecule has 0 saturated carbocycles. The Bertz CT molecular complexity index is 199. The second-order valence-corrected chi connectivity index (χ2v) is 2.06. The zero-order valence-electron chi connectivity index (χ0n) is 6.76. The normalized spacial score (nSPS) is 13.9. The summed E-state index contributed by atoms with van der Waals surface area (Å²) < 4.78 is 4.33. The molecular formula is C5H10N4O3. The van der Waals surface area contributed by atoms with E-state index in [1.165, 1.54) is 14.0 Å². The topological polar surface area (TPSA) is 107 Å². The van der Waals surface area contributed by atoms with Crippen molar-refractivity contribution in [3.8, 4) is 0 Å². The van der Waals surface area contributed by atoms with Crippen molar-refractivity contribution in [3.05, 3.63) is 10.4 Å². The maximum Gasteiger partial charge on any atom is 0.354 e. The van der Waals surface area contributed by atoms with Gasteiger partial charge in [-0.1, -0.05) is 0 Å². The van der Waals surface area contributed by atoms with Crippen LogP contribution in [0.5, 0.6) is 0 Å². The summed E-state index contributed by atoms with van der Waals surface area (Å²) in [6, 6.07) is -1.02. The molecule has 0 rings (SSSR count). The number of rotatable bonds is 4. The maximum atomic E-state index is 10.8. The zero-order chi connectivity index (χ0) is 9.56. The average molecular weight is 174 g/mol. The second-order valence-electron chi connectivity index (χ2n) is 2.06. The first-order valence-corrected chi connectivity index (χ1v) is 3.19. The van der Waals surface area contributed by atoms with E-state index in [4.69, 9.17) is 10.6 Å². The number of carbonyl (C=O) groups excluding carboxylic acids is 1. The second kappa shape index (κ2) is 5.22. The quantitative estimate of drug-likeness (QED) is 0.201. The van der Waals surface area contributed by atoms with Gasteiger partial charge in [0.25, 0.3) is 0 Å². The number of nitrogens with zero attached hydrogens (tertiary/aromatic N) is 3. The minimum absolute atomic E-state index is 0.683. The summed E-state index contributed by atoms with van der Waals surface area (Å²) in [5.41, 5.74) is 10.0. The molecule has 7 heteroatoms. The highest BCUT2D eigenvalue weighted by Crippen LogP contribution is 1.95. The number of aliphatic hydroxyl groups excluding tert-OH is 1. The molecule has 0 aromatic rings. The van der Waals surface area contributed by atoms with Crippen molar-refractivity contribution in [3.63, 3.8) is 0 Å². The van der Waals surface area contributed by atoms with Gasteiger partial charge in [0.1, 0.15) is 6.10 Å². The van der Waals surface area contributed by atoms with Crippen molar-refractivity contribution in [2.24, 2.45) is 5.22 Å². The fourth-order valence-corrected chi connectivity index (χ4v) is 0.573. The van der Waals surface area contributed by atoms with Crippen LogP contribution in [0.1, 0.15) is 6.92 Å². The van der Waals surface area contributed by atoms with Gasteiger partial charge in [0, 0.05) is 0 Å². The first-order chi connectivity index (χ1) is 5.63. The largest absolute Gasteiger partial charge is 0.466 e. The first kappa shape index (κ1) is 10.5. The lowest BCUT2D eigenvalue weighted by Crippen LogP contribution is -2.42. The Morgan fingerprint density at radius 1 is 1.83 bits per heavy atom. The minimum Gasteiger partial charge on any atom is -0.466 e. The van der Waals surface area contributed by atoms with E-state index in [-0.39, 0.29) is 0 Å². The number of aliphatic hydroxyl groups is 1. The number of azide groups is 1. The summed E-state index contributed by atoms with van der Waals surface area (Å²) in [5.74, 6) is -0.683. The van der Waals surface area contributed by atoms with Gasteiger partial charge in [-0.25, -0.2) is 10.2 Å². The SMILES string of the molecule is COC(=O)[C@@H](NN=[N+]=[N-])[C@@H](C)O. The van der Waals surface area contributed by atoms with Crippen LogP contribution in [0.2, 0.25) is 0 Å². The number of nitrogens with one attached hydrogen (secondary N) is 1. The van der Waals surface area contributed by atoms with Crippen molar-refractivity contribution < 1.29 is 14.6 Å². The summed E-state index contributed by atoms with van der Waals surface area (Å²) in [5, 5.41) is 11.9. The van der Waals surface area contributed by atoms with Gasteiger partial charge in [0.2, 0.25) is 6.04 Å². The lowest BCUT2D eigenvalue weighted by molar-refractivity contribution is -0.145. The Labute approximate surface area is 68.9 Å².